The summed E-state index contributed by atoms with van der Waals surface area (Å²) in [4.78, 5) is 2.69. The van der Waals surface area contributed by atoms with Crippen molar-refractivity contribution in [3.63, 3.8) is 0 Å². The van der Waals surface area contributed by atoms with Crippen LogP contribution in [0.3, 0.4) is 0 Å². The third-order valence-corrected chi connectivity index (χ3v) is 6.73. The van der Waals surface area contributed by atoms with Crippen molar-refractivity contribution in [2.75, 3.05) is 13.1 Å². The standard InChI is InChI=1S/C29H52ClN/c1-3-5-7-9-11-13-15-17-19-25-31(27-28-21-23-29(30)24-22-28)26-20-18-16-14-12-10-8-6-4-2/h21-24H,3-20,25-27H2,1-2H3. The second-order valence-electron chi connectivity index (χ2n) is 9.56. The van der Waals surface area contributed by atoms with E-state index in [1.165, 1.54) is 134 Å². The van der Waals surface area contributed by atoms with Gasteiger partial charge in [-0.15, -0.1) is 0 Å². The van der Waals surface area contributed by atoms with Gasteiger partial charge in [0.1, 0.15) is 0 Å². The molecule has 0 atom stereocenters. The van der Waals surface area contributed by atoms with Crippen molar-refractivity contribution >= 4 is 11.6 Å². The van der Waals surface area contributed by atoms with Crippen molar-refractivity contribution in [3.8, 4) is 0 Å². The fourth-order valence-electron chi connectivity index (χ4n) is 4.41. The fraction of sp³-hybridized carbons (Fsp3) is 0.793. The molecule has 0 N–H and O–H groups in total. The van der Waals surface area contributed by atoms with E-state index in [0.29, 0.717) is 0 Å². The zero-order valence-electron chi connectivity index (χ0n) is 21.0. The highest BCUT2D eigenvalue weighted by Gasteiger charge is 2.06. The molecule has 0 bridgehead atoms. The van der Waals surface area contributed by atoms with Gasteiger partial charge in [-0.3, -0.25) is 4.90 Å². The van der Waals surface area contributed by atoms with E-state index in [2.05, 4.69) is 30.9 Å². The summed E-state index contributed by atoms with van der Waals surface area (Å²) in [7, 11) is 0. The van der Waals surface area contributed by atoms with Crippen LogP contribution in [-0.2, 0) is 6.54 Å². The smallest absolute Gasteiger partial charge is 0.0406 e. The second-order valence-corrected chi connectivity index (χ2v) is 10.00. The molecular formula is C29H52ClN. The topological polar surface area (TPSA) is 3.24 Å². The second kappa shape index (κ2) is 21.3. The first-order valence-corrected chi connectivity index (χ1v) is 14.1. The number of nitrogens with zero attached hydrogens (tertiary/aromatic N) is 1. The minimum Gasteiger partial charge on any atom is -0.299 e. The Balaban J connectivity index is 2.20. The maximum atomic E-state index is 6.08. The lowest BCUT2D eigenvalue weighted by molar-refractivity contribution is 0.252. The van der Waals surface area contributed by atoms with E-state index in [1.54, 1.807) is 0 Å². The highest BCUT2D eigenvalue weighted by molar-refractivity contribution is 6.30. The van der Waals surface area contributed by atoms with Crippen molar-refractivity contribution in [1.29, 1.82) is 0 Å². The van der Waals surface area contributed by atoms with Crippen LogP contribution < -0.4 is 0 Å². The quantitative estimate of drug-likeness (QED) is 0.159. The van der Waals surface area contributed by atoms with Crippen LogP contribution in [-0.4, -0.2) is 18.0 Å². The van der Waals surface area contributed by atoms with E-state index >= 15 is 0 Å². The molecule has 0 amide bonds. The molecule has 0 saturated carbocycles. The molecule has 1 aromatic carbocycles. The highest BCUT2D eigenvalue weighted by Crippen LogP contribution is 2.15. The highest BCUT2D eigenvalue weighted by atomic mass is 35.5. The number of rotatable bonds is 22. The third-order valence-electron chi connectivity index (χ3n) is 6.48. The predicted molar refractivity (Wildman–Crippen MR) is 141 cm³/mol. The molecule has 0 spiro atoms. The molecule has 0 aliphatic rings. The zero-order valence-corrected chi connectivity index (χ0v) is 21.7. The average Bonchev–Trinajstić information content (AvgIpc) is 2.78. The van der Waals surface area contributed by atoms with E-state index < -0.39 is 0 Å². The van der Waals surface area contributed by atoms with Gasteiger partial charge in [0.25, 0.3) is 0 Å². The summed E-state index contributed by atoms with van der Waals surface area (Å²) in [5, 5.41) is 0.841. The van der Waals surface area contributed by atoms with Crippen LogP contribution in [0.15, 0.2) is 24.3 Å². The SMILES string of the molecule is CCCCCCCCCCCN(CCCCCCCCCCC)Cc1ccc(Cl)cc1. The van der Waals surface area contributed by atoms with Gasteiger partial charge in [-0.1, -0.05) is 140 Å². The Morgan fingerprint density at radius 1 is 0.516 bits per heavy atom. The Kier molecular flexibility index (Phi) is 19.6. The minimum atomic E-state index is 0.841. The van der Waals surface area contributed by atoms with Gasteiger partial charge in [-0.25, -0.2) is 0 Å². The van der Waals surface area contributed by atoms with Crippen LogP contribution in [0.1, 0.15) is 135 Å². The molecule has 0 fully saturated rings. The van der Waals surface area contributed by atoms with Gasteiger partial charge in [-0.2, -0.15) is 0 Å². The van der Waals surface area contributed by atoms with E-state index in [4.69, 9.17) is 11.6 Å². The lowest BCUT2D eigenvalue weighted by Gasteiger charge is -2.22. The first-order chi connectivity index (χ1) is 15.3. The molecule has 0 aliphatic carbocycles. The van der Waals surface area contributed by atoms with Crippen molar-refractivity contribution in [2.45, 2.75) is 136 Å². The molecule has 1 rings (SSSR count). The summed E-state index contributed by atoms with van der Waals surface area (Å²) in [5.74, 6) is 0. The molecule has 0 radical (unpaired) electrons. The molecule has 0 aromatic heterocycles. The molecule has 1 nitrogen and oxygen atoms in total. The molecular weight excluding hydrogens is 398 g/mol. The van der Waals surface area contributed by atoms with Gasteiger partial charge in [0.05, 0.1) is 0 Å². The van der Waals surface area contributed by atoms with Crippen molar-refractivity contribution in [3.05, 3.63) is 34.9 Å². The van der Waals surface area contributed by atoms with Crippen molar-refractivity contribution in [2.24, 2.45) is 0 Å². The largest absolute Gasteiger partial charge is 0.299 e. The van der Waals surface area contributed by atoms with Crippen LogP contribution in [0.5, 0.6) is 0 Å². The number of benzene rings is 1. The maximum Gasteiger partial charge on any atom is 0.0406 e. The van der Waals surface area contributed by atoms with E-state index in [0.717, 1.165) is 11.6 Å². The summed E-state index contributed by atoms with van der Waals surface area (Å²) in [6.45, 7) is 8.16. The predicted octanol–water partition coefficient (Wildman–Crippen LogP) is 10.2. The molecule has 1 aromatic rings. The first kappa shape index (κ1) is 28.5. The summed E-state index contributed by atoms with van der Waals surface area (Å²) < 4.78 is 0. The number of hydrogen-bond donors (Lipinski definition) is 0. The van der Waals surface area contributed by atoms with Crippen molar-refractivity contribution < 1.29 is 0 Å². The van der Waals surface area contributed by atoms with Gasteiger partial charge in [0.2, 0.25) is 0 Å². The Morgan fingerprint density at radius 3 is 1.26 bits per heavy atom. The maximum absolute atomic E-state index is 6.08. The molecule has 0 saturated heterocycles. The summed E-state index contributed by atoms with van der Waals surface area (Å²) >= 11 is 6.08. The molecule has 180 valence electrons. The Morgan fingerprint density at radius 2 is 0.871 bits per heavy atom. The zero-order chi connectivity index (χ0) is 22.4. The van der Waals surface area contributed by atoms with Gasteiger partial charge in [0.15, 0.2) is 0 Å². The molecule has 2 heteroatoms. The molecule has 0 heterocycles. The fourth-order valence-corrected chi connectivity index (χ4v) is 4.54. The van der Waals surface area contributed by atoms with Gasteiger partial charge in [-0.05, 0) is 43.6 Å². The van der Waals surface area contributed by atoms with Crippen molar-refractivity contribution in [1.82, 2.24) is 4.90 Å². The first-order valence-electron chi connectivity index (χ1n) is 13.7. The average molecular weight is 450 g/mol. The van der Waals surface area contributed by atoms with Crippen LogP contribution in [0.2, 0.25) is 5.02 Å². The van der Waals surface area contributed by atoms with Crippen LogP contribution in [0.4, 0.5) is 0 Å². The Bertz CT molecular complexity index is 462. The minimum absolute atomic E-state index is 0.841. The van der Waals surface area contributed by atoms with E-state index in [-0.39, 0.29) is 0 Å². The lowest BCUT2D eigenvalue weighted by Crippen LogP contribution is -2.25. The van der Waals surface area contributed by atoms with Crippen LogP contribution in [0.25, 0.3) is 0 Å². The summed E-state index contributed by atoms with van der Waals surface area (Å²) in [5.41, 5.74) is 1.40. The van der Waals surface area contributed by atoms with E-state index in [1.807, 2.05) is 12.1 Å². The summed E-state index contributed by atoms with van der Waals surface area (Å²) in [6, 6.07) is 8.46. The van der Waals surface area contributed by atoms with E-state index in [9.17, 15) is 0 Å². The van der Waals surface area contributed by atoms with Crippen LogP contribution in [0, 0.1) is 0 Å². The normalized spacial score (nSPS) is 11.5. The Hall–Kier alpha value is -0.530. The summed E-state index contributed by atoms with van der Waals surface area (Å²) in [6.07, 6.45) is 25.3. The van der Waals surface area contributed by atoms with Gasteiger partial charge < -0.3 is 0 Å². The van der Waals surface area contributed by atoms with Gasteiger partial charge in [0, 0.05) is 11.6 Å². The molecule has 31 heavy (non-hydrogen) atoms. The van der Waals surface area contributed by atoms with Crippen LogP contribution >= 0.6 is 11.6 Å². The van der Waals surface area contributed by atoms with Gasteiger partial charge >= 0.3 is 0 Å². The lowest BCUT2D eigenvalue weighted by atomic mass is 10.1. The third kappa shape index (κ3) is 17.7. The Labute approximate surface area is 200 Å². The molecule has 0 aliphatic heterocycles. The number of halogens is 1. The monoisotopic (exact) mass is 449 g/mol. The number of unbranched alkanes of at least 4 members (excludes halogenated alkanes) is 16. The molecule has 0 unspecified atom stereocenters. The number of hydrogen-bond acceptors (Lipinski definition) is 1.